The Morgan fingerprint density at radius 2 is 1.90 bits per heavy atom. The molecule has 0 saturated carbocycles. The lowest BCUT2D eigenvalue weighted by Gasteiger charge is -2.10. The molecule has 5 heteroatoms. The van der Waals surface area contributed by atoms with Gasteiger partial charge in [0.05, 0.1) is 10.9 Å². The summed E-state index contributed by atoms with van der Waals surface area (Å²) in [5.74, 6) is 0.644. The Labute approximate surface area is 129 Å². The molecule has 1 unspecified atom stereocenters. The standard InChI is InChI=1S/C16H14ClN2OP/c1-19-15(11-4-2-10(9-21)3-5-11)18-14-8-12(17)6-7-13(14)16(19)20/h2-8H,9,21H2,1H3. The minimum atomic E-state index is -0.0678. The number of hydrogen-bond acceptors (Lipinski definition) is 2. The summed E-state index contributed by atoms with van der Waals surface area (Å²) in [5, 5.41) is 1.15. The average Bonchev–Trinajstić information content (AvgIpc) is 2.51. The molecule has 0 spiro atoms. The van der Waals surface area contributed by atoms with E-state index < -0.39 is 0 Å². The third-order valence-corrected chi connectivity index (χ3v) is 4.19. The number of rotatable bonds is 2. The fraction of sp³-hybridized carbons (Fsp3) is 0.125. The monoisotopic (exact) mass is 316 g/mol. The molecule has 3 aromatic rings. The van der Waals surface area contributed by atoms with Gasteiger partial charge in [-0.2, -0.15) is 0 Å². The van der Waals surface area contributed by atoms with E-state index in [9.17, 15) is 4.79 Å². The van der Waals surface area contributed by atoms with Crippen molar-refractivity contribution >= 4 is 31.7 Å². The summed E-state index contributed by atoms with van der Waals surface area (Å²) in [7, 11) is 4.43. The number of aromatic nitrogens is 2. The number of halogens is 1. The van der Waals surface area contributed by atoms with Crippen molar-refractivity contribution in [3.05, 3.63) is 63.4 Å². The van der Waals surface area contributed by atoms with E-state index in [1.54, 1.807) is 29.8 Å². The predicted molar refractivity (Wildman–Crippen MR) is 90.8 cm³/mol. The zero-order valence-corrected chi connectivity index (χ0v) is 13.4. The fourth-order valence-electron chi connectivity index (χ4n) is 2.29. The first-order valence-electron chi connectivity index (χ1n) is 6.56. The Morgan fingerprint density at radius 3 is 2.57 bits per heavy atom. The molecule has 0 fully saturated rings. The maximum Gasteiger partial charge on any atom is 0.261 e. The van der Waals surface area contributed by atoms with Crippen LogP contribution in [0.25, 0.3) is 22.3 Å². The van der Waals surface area contributed by atoms with Crippen LogP contribution in [0.3, 0.4) is 0 Å². The lowest BCUT2D eigenvalue weighted by molar-refractivity contribution is 0.856. The van der Waals surface area contributed by atoms with Crippen molar-refractivity contribution in [2.75, 3.05) is 0 Å². The van der Waals surface area contributed by atoms with Crippen LogP contribution in [0.5, 0.6) is 0 Å². The number of hydrogen-bond donors (Lipinski definition) is 0. The van der Waals surface area contributed by atoms with Gasteiger partial charge in [-0.15, -0.1) is 9.24 Å². The maximum atomic E-state index is 12.4. The normalized spacial score (nSPS) is 11.0. The summed E-state index contributed by atoms with van der Waals surface area (Å²) in [6.45, 7) is 0. The quantitative estimate of drug-likeness (QED) is 0.677. The van der Waals surface area contributed by atoms with Gasteiger partial charge < -0.3 is 0 Å². The van der Waals surface area contributed by atoms with Crippen LogP contribution in [0.2, 0.25) is 5.02 Å². The van der Waals surface area contributed by atoms with Gasteiger partial charge in [-0.1, -0.05) is 35.9 Å². The van der Waals surface area contributed by atoms with Gasteiger partial charge in [-0.05, 0) is 29.9 Å². The Kier molecular flexibility index (Phi) is 3.79. The highest BCUT2D eigenvalue weighted by atomic mass is 35.5. The first kappa shape index (κ1) is 14.2. The van der Waals surface area contributed by atoms with E-state index in [4.69, 9.17) is 11.6 Å². The first-order valence-corrected chi connectivity index (χ1v) is 7.75. The summed E-state index contributed by atoms with van der Waals surface area (Å²) in [5.41, 5.74) is 2.69. The molecule has 21 heavy (non-hydrogen) atoms. The Morgan fingerprint density at radius 1 is 1.19 bits per heavy atom. The van der Waals surface area contributed by atoms with Crippen LogP contribution in [0, 0.1) is 0 Å². The van der Waals surface area contributed by atoms with Gasteiger partial charge in [-0.3, -0.25) is 9.36 Å². The minimum Gasteiger partial charge on any atom is -0.295 e. The smallest absolute Gasteiger partial charge is 0.261 e. The van der Waals surface area contributed by atoms with Crippen molar-refractivity contribution in [1.82, 2.24) is 9.55 Å². The van der Waals surface area contributed by atoms with Gasteiger partial charge in [0.25, 0.3) is 5.56 Å². The number of nitrogens with zero attached hydrogens (tertiary/aromatic N) is 2. The van der Waals surface area contributed by atoms with E-state index in [0.717, 1.165) is 11.7 Å². The number of fused-ring (bicyclic) bond motifs is 1. The molecule has 0 saturated heterocycles. The van der Waals surface area contributed by atoms with E-state index >= 15 is 0 Å². The Balaban J connectivity index is 2.26. The van der Waals surface area contributed by atoms with E-state index in [-0.39, 0.29) is 5.56 Å². The van der Waals surface area contributed by atoms with Crippen LogP contribution in [0.4, 0.5) is 0 Å². The molecule has 106 valence electrons. The molecule has 1 aromatic heterocycles. The molecule has 0 aliphatic carbocycles. The van der Waals surface area contributed by atoms with Crippen LogP contribution in [-0.4, -0.2) is 9.55 Å². The van der Waals surface area contributed by atoms with Crippen molar-refractivity contribution in [3.8, 4) is 11.4 Å². The lowest BCUT2D eigenvalue weighted by Crippen LogP contribution is -2.20. The van der Waals surface area contributed by atoms with Crippen molar-refractivity contribution in [1.29, 1.82) is 0 Å². The minimum absolute atomic E-state index is 0.0678. The summed E-state index contributed by atoms with van der Waals surface area (Å²) < 4.78 is 1.58. The third kappa shape index (κ3) is 2.59. The topological polar surface area (TPSA) is 34.9 Å². The molecule has 0 radical (unpaired) electrons. The SMILES string of the molecule is Cn1c(-c2ccc(CP)cc2)nc2cc(Cl)ccc2c1=O. The van der Waals surface area contributed by atoms with Gasteiger partial charge in [0.15, 0.2) is 0 Å². The van der Waals surface area contributed by atoms with E-state index in [0.29, 0.717) is 21.7 Å². The molecular weight excluding hydrogens is 303 g/mol. The molecular formula is C16H14ClN2OP. The fourth-order valence-corrected chi connectivity index (χ4v) is 2.73. The second kappa shape index (κ2) is 5.59. The molecule has 1 atom stereocenters. The van der Waals surface area contributed by atoms with Crippen molar-refractivity contribution in [3.63, 3.8) is 0 Å². The molecule has 0 aliphatic rings. The molecule has 0 amide bonds. The first-order chi connectivity index (χ1) is 10.1. The Bertz CT molecular complexity index is 872. The second-order valence-electron chi connectivity index (χ2n) is 4.86. The van der Waals surface area contributed by atoms with Crippen LogP contribution in [0.15, 0.2) is 47.3 Å². The highest BCUT2D eigenvalue weighted by Gasteiger charge is 2.10. The molecule has 1 heterocycles. The summed E-state index contributed by atoms with van der Waals surface area (Å²) in [4.78, 5) is 17.0. The molecule has 0 bridgehead atoms. The lowest BCUT2D eigenvalue weighted by atomic mass is 10.1. The molecule has 3 nitrogen and oxygen atoms in total. The zero-order chi connectivity index (χ0) is 15.0. The second-order valence-corrected chi connectivity index (χ2v) is 5.71. The summed E-state index contributed by atoms with van der Waals surface area (Å²) in [6.07, 6.45) is 0.903. The van der Waals surface area contributed by atoms with Crippen molar-refractivity contribution in [2.45, 2.75) is 6.16 Å². The third-order valence-electron chi connectivity index (χ3n) is 3.49. The van der Waals surface area contributed by atoms with Gasteiger partial charge in [-0.25, -0.2) is 4.98 Å². The van der Waals surface area contributed by atoms with Crippen LogP contribution < -0.4 is 5.56 Å². The van der Waals surface area contributed by atoms with Crippen LogP contribution in [-0.2, 0) is 13.2 Å². The van der Waals surface area contributed by atoms with Gasteiger partial charge in [0.1, 0.15) is 5.82 Å². The Hall–Kier alpha value is -1.70. The average molecular weight is 317 g/mol. The highest BCUT2D eigenvalue weighted by Crippen LogP contribution is 2.21. The summed E-state index contributed by atoms with van der Waals surface area (Å²) >= 11 is 6.00. The predicted octanol–water partition coefficient (Wildman–Crippen LogP) is 3.63. The van der Waals surface area contributed by atoms with Gasteiger partial charge in [0.2, 0.25) is 0 Å². The molecule has 3 rings (SSSR count). The molecule has 0 aliphatic heterocycles. The molecule has 2 aromatic carbocycles. The van der Waals surface area contributed by atoms with Crippen LogP contribution in [0.1, 0.15) is 5.56 Å². The molecule has 0 N–H and O–H groups in total. The zero-order valence-electron chi connectivity index (χ0n) is 11.5. The highest BCUT2D eigenvalue weighted by molar-refractivity contribution is 7.15. The maximum absolute atomic E-state index is 12.4. The van der Waals surface area contributed by atoms with Crippen molar-refractivity contribution < 1.29 is 0 Å². The summed E-state index contributed by atoms with van der Waals surface area (Å²) in [6, 6.07) is 13.2. The number of benzene rings is 2. The van der Waals surface area contributed by atoms with E-state index in [2.05, 4.69) is 14.2 Å². The van der Waals surface area contributed by atoms with Gasteiger partial charge >= 0.3 is 0 Å². The largest absolute Gasteiger partial charge is 0.295 e. The van der Waals surface area contributed by atoms with Crippen LogP contribution >= 0.6 is 20.8 Å². The van der Waals surface area contributed by atoms with Gasteiger partial charge in [0, 0.05) is 17.6 Å². The van der Waals surface area contributed by atoms with E-state index in [1.165, 1.54) is 5.56 Å². The van der Waals surface area contributed by atoms with Crippen molar-refractivity contribution in [2.24, 2.45) is 7.05 Å². The van der Waals surface area contributed by atoms with E-state index in [1.807, 2.05) is 24.3 Å².